The number of carbonyl (C=O) groups excluding carboxylic acids is 2. The molecule has 3 spiro atoms. The van der Waals surface area contributed by atoms with Crippen molar-refractivity contribution in [3.05, 3.63) is 35.4 Å². The number of carbonyl (C=O) groups is 2. The minimum atomic E-state index is -0.610. The summed E-state index contributed by atoms with van der Waals surface area (Å²) in [6.07, 6.45) is 8.57. The highest BCUT2D eigenvalue weighted by molar-refractivity contribution is 5.92. The zero-order valence-electron chi connectivity index (χ0n) is 24.3. The summed E-state index contributed by atoms with van der Waals surface area (Å²) in [5.41, 5.74) is 1.68. The van der Waals surface area contributed by atoms with Crippen molar-refractivity contribution < 1.29 is 14.7 Å². The average molecular weight is 532 g/mol. The summed E-state index contributed by atoms with van der Waals surface area (Å²) in [5, 5.41) is 14.8. The van der Waals surface area contributed by atoms with Gasteiger partial charge in [-0.3, -0.25) is 14.6 Å². The van der Waals surface area contributed by atoms with Gasteiger partial charge in [-0.15, -0.1) is 0 Å². The standard InChI is InChI=1S/C33H45N3O3/c1-20(2)25(28(38)36-13-10-24(29(4,5)19-36)22-8-6-21(3)7-9-22)35-27(37)26-31-14-23-15-32(39)17-30(16-31,11-12-34-26)18-33(23,31)32/h6-9,12,20,23-26,39H,10-11,13-19H2,1-5H3,(H,35,37)/t23?,24?,25-,26-,30?,31?,32?,33?/m1/s1. The maximum absolute atomic E-state index is 14.0. The van der Waals surface area contributed by atoms with Crippen molar-refractivity contribution in [3.63, 3.8) is 0 Å². The third-order valence-corrected chi connectivity index (χ3v) is 12.4. The largest absolute Gasteiger partial charge is 0.389 e. The van der Waals surface area contributed by atoms with E-state index in [1.165, 1.54) is 11.1 Å². The molecule has 6 nitrogen and oxygen atoms in total. The van der Waals surface area contributed by atoms with Crippen molar-refractivity contribution in [1.29, 1.82) is 0 Å². The van der Waals surface area contributed by atoms with E-state index in [-0.39, 0.29) is 39.4 Å². The molecule has 0 radical (unpaired) electrons. The lowest BCUT2D eigenvalue weighted by molar-refractivity contribution is -0.333. The molecule has 0 aromatic heterocycles. The van der Waals surface area contributed by atoms with E-state index in [1.54, 1.807) is 0 Å². The molecule has 2 N–H and O–H groups in total. The molecule has 6 heteroatoms. The molecule has 6 unspecified atom stereocenters. The first-order valence-electron chi connectivity index (χ1n) is 15.3. The van der Waals surface area contributed by atoms with Gasteiger partial charge in [0.25, 0.3) is 0 Å². The van der Waals surface area contributed by atoms with E-state index in [4.69, 9.17) is 4.99 Å². The fraction of sp³-hybridized carbons (Fsp3) is 0.727. The van der Waals surface area contributed by atoms with Crippen LogP contribution >= 0.6 is 0 Å². The molecule has 1 saturated heterocycles. The van der Waals surface area contributed by atoms with E-state index < -0.39 is 17.7 Å². The minimum Gasteiger partial charge on any atom is -0.389 e. The number of rotatable bonds is 5. The normalized spacial score (nSPS) is 43.3. The lowest BCUT2D eigenvalue weighted by Crippen LogP contribution is -2.79. The second kappa shape index (κ2) is 7.96. The molecule has 8 atom stereocenters. The second-order valence-electron chi connectivity index (χ2n) is 15.5. The molecule has 6 aliphatic rings. The monoisotopic (exact) mass is 531 g/mol. The fourth-order valence-electron chi connectivity index (χ4n) is 11.0. The molecule has 39 heavy (non-hydrogen) atoms. The van der Waals surface area contributed by atoms with Crippen molar-refractivity contribution in [3.8, 4) is 0 Å². The molecule has 3 bridgehead atoms. The molecule has 2 amide bonds. The molecule has 4 aliphatic carbocycles. The smallest absolute Gasteiger partial charge is 0.246 e. The van der Waals surface area contributed by atoms with Gasteiger partial charge in [0.1, 0.15) is 12.1 Å². The Kier molecular flexibility index (Phi) is 5.25. The first-order chi connectivity index (χ1) is 18.4. The number of nitrogens with zero attached hydrogens (tertiary/aromatic N) is 2. The number of aliphatic imine (C=N–C) groups is 1. The summed E-state index contributed by atoms with van der Waals surface area (Å²) in [5.74, 6) is 0.823. The van der Waals surface area contributed by atoms with E-state index in [2.05, 4.69) is 50.4 Å². The summed E-state index contributed by atoms with van der Waals surface area (Å²) < 4.78 is 0. The zero-order chi connectivity index (χ0) is 27.6. The Hall–Kier alpha value is -2.21. The topological polar surface area (TPSA) is 82.0 Å². The molecule has 1 aromatic rings. The zero-order valence-corrected chi connectivity index (χ0v) is 24.3. The lowest BCUT2D eigenvalue weighted by atomic mass is 9.28. The van der Waals surface area contributed by atoms with Crippen LogP contribution in [-0.4, -0.2) is 58.8 Å². The van der Waals surface area contributed by atoms with Gasteiger partial charge in [-0.05, 0) is 86.0 Å². The Labute approximate surface area is 233 Å². The highest BCUT2D eigenvalue weighted by Crippen LogP contribution is 2.92. The van der Waals surface area contributed by atoms with Crippen LogP contribution in [0.15, 0.2) is 29.3 Å². The number of hydrogen-bond donors (Lipinski definition) is 2. The van der Waals surface area contributed by atoms with Crippen LogP contribution in [0.1, 0.15) is 89.7 Å². The predicted molar refractivity (Wildman–Crippen MR) is 151 cm³/mol. The van der Waals surface area contributed by atoms with Crippen molar-refractivity contribution in [2.75, 3.05) is 13.1 Å². The van der Waals surface area contributed by atoms with Crippen LogP contribution < -0.4 is 5.32 Å². The van der Waals surface area contributed by atoms with Gasteiger partial charge in [-0.2, -0.15) is 0 Å². The van der Waals surface area contributed by atoms with Gasteiger partial charge in [-0.1, -0.05) is 57.5 Å². The van der Waals surface area contributed by atoms with Crippen LogP contribution in [0.2, 0.25) is 0 Å². The van der Waals surface area contributed by atoms with Crippen LogP contribution in [0.3, 0.4) is 0 Å². The van der Waals surface area contributed by atoms with Gasteiger partial charge in [0.15, 0.2) is 0 Å². The second-order valence-corrected chi connectivity index (χ2v) is 15.5. The Balaban J connectivity index is 1.09. The lowest BCUT2D eigenvalue weighted by Gasteiger charge is -2.77. The van der Waals surface area contributed by atoms with E-state index in [0.29, 0.717) is 24.9 Å². The SMILES string of the molecule is Cc1ccc(C2CCN(C(=O)[C@H](NC(=O)[C@H]3N=CCC45CC6(O)CC7CC3(C4)C76C5)C(C)C)CC2(C)C)cc1. The van der Waals surface area contributed by atoms with Crippen LogP contribution in [0.25, 0.3) is 0 Å². The van der Waals surface area contributed by atoms with Crippen LogP contribution in [0.5, 0.6) is 0 Å². The highest BCUT2D eigenvalue weighted by Gasteiger charge is 2.91. The molecule has 210 valence electrons. The number of piperidine rings is 1. The molecular formula is C33H45N3O3. The van der Waals surface area contributed by atoms with Crippen molar-refractivity contribution in [1.82, 2.24) is 10.2 Å². The molecule has 7 rings (SSSR count). The van der Waals surface area contributed by atoms with E-state index in [9.17, 15) is 14.7 Å². The van der Waals surface area contributed by atoms with Gasteiger partial charge < -0.3 is 15.3 Å². The number of likely N-dealkylation sites (tertiary alicyclic amines) is 1. The number of aryl methyl sites for hydroxylation is 1. The third-order valence-electron chi connectivity index (χ3n) is 12.4. The Morgan fingerprint density at radius 3 is 2.51 bits per heavy atom. The Morgan fingerprint density at radius 1 is 1.10 bits per heavy atom. The molecule has 1 aromatic carbocycles. The van der Waals surface area contributed by atoms with E-state index in [1.807, 2.05) is 25.0 Å². The maximum Gasteiger partial charge on any atom is 0.246 e. The summed E-state index contributed by atoms with van der Waals surface area (Å²) >= 11 is 0. The molecule has 5 fully saturated rings. The van der Waals surface area contributed by atoms with Crippen molar-refractivity contribution in [2.24, 2.45) is 38.5 Å². The minimum absolute atomic E-state index is 0.0223. The number of amides is 2. The molecule has 4 saturated carbocycles. The number of hydrogen-bond acceptors (Lipinski definition) is 4. The van der Waals surface area contributed by atoms with E-state index >= 15 is 0 Å². The molecule has 2 aliphatic heterocycles. The Bertz CT molecular complexity index is 1260. The van der Waals surface area contributed by atoms with E-state index in [0.717, 1.165) is 44.9 Å². The van der Waals surface area contributed by atoms with Crippen molar-refractivity contribution in [2.45, 2.75) is 103 Å². The Morgan fingerprint density at radius 2 is 1.85 bits per heavy atom. The first-order valence-corrected chi connectivity index (χ1v) is 15.3. The van der Waals surface area contributed by atoms with Crippen molar-refractivity contribution >= 4 is 18.0 Å². The van der Waals surface area contributed by atoms with Crippen LogP contribution in [0.4, 0.5) is 0 Å². The van der Waals surface area contributed by atoms with Gasteiger partial charge in [0.05, 0.1) is 5.60 Å². The summed E-state index contributed by atoms with van der Waals surface area (Å²) in [6, 6.07) is 7.75. The first kappa shape index (κ1) is 25.7. The molecule has 2 heterocycles. The third kappa shape index (κ3) is 3.21. The fourth-order valence-corrected chi connectivity index (χ4v) is 11.0. The van der Waals surface area contributed by atoms with Crippen LogP contribution in [0, 0.1) is 40.4 Å². The number of aliphatic hydroxyl groups is 1. The predicted octanol–water partition coefficient (Wildman–Crippen LogP) is 4.63. The quantitative estimate of drug-likeness (QED) is 0.581. The van der Waals surface area contributed by atoms with Gasteiger partial charge in [0.2, 0.25) is 11.8 Å². The number of benzene rings is 1. The van der Waals surface area contributed by atoms with Gasteiger partial charge >= 0.3 is 0 Å². The van der Waals surface area contributed by atoms with Gasteiger partial charge in [0, 0.05) is 30.1 Å². The highest BCUT2D eigenvalue weighted by atomic mass is 16.3. The average Bonchev–Trinajstić information content (AvgIpc) is 3.16. The summed E-state index contributed by atoms with van der Waals surface area (Å²) in [4.78, 5) is 34.9. The summed E-state index contributed by atoms with van der Waals surface area (Å²) in [6.45, 7) is 12.1. The summed E-state index contributed by atoms with van der Waals surface area (Å²) in [7, 11) is 0. The van der Waals surface area contributed by atoms with Crippen LogP contribution in [-0.2, 0) is 9.59 Å². The maximum atomic E-state index is 14.0. The van der Waals surface area contributed by atoms with Gasteiger partial charge in [-0.25, -0.2) is 0 Å². The molecular weight excluding hydrogens is 486 g/mol. The number of nitrogens with one attached hydrogen (secondary N) is 1.